The van der Waals surface area contributed by atoms with Gasteiger partial charge in [0.2, 0.25) is 0 Å². The molecule has 0 unspecified atom stereocenters. The fourth-order valence-electron chi connectivity index (χ4n) is 3.25. The Bertz CT molecular complexity index is 1040. The van der Waals surface area contributed by atoms with Crippen molar-refractivity contribution in [3.8, 4) is 16.3 Å². The van der Waals surface area contributed by atoms with Crippen molar-refractivity contribution in [1.29, 1.82) is 0 Å². The summed E-state index contributed by atoms with van der Waals surface area (Å²) < 4.78 is 6.40. The lowest BCUT2D eigenvalue weighted by atomic mass is 9.75. The van der Waals surface area contributed by atoms with Gasteiger partial charge in [0.15, 0.2) is 0 Å². The minimum Gasteiger partial charge on any atom is -0.872 e. The first kappa shape index (κ1) is 21.0. The third-order valence-electron chi connectivity index (χ3n) is 4.54. The highest BCUT2D eigenvalue weighted by atomic mass is 32.1. The van der Waals surface area contributed by atoms with E-state index in [4.69, 9.17) is 4.74 Å². The number of rotatable bonds is 5. The number of thiazole rings is 1. The van der Waals surface area contributed by atoms with Crippen LogP contribution >= 0.6 is 11.3 Å². The molecule has 0 bridgehead atoms. The first-order valence-electron chi connectivity index (χ1n) is 9.37. The zero-order valence-electron chi connectivity index (χ0n) is 17.2. The number of esters is 1. The Labute approximate surface area is 174 Å². The minimum absolute atomic E-state index is 0.00513. The number of aromatic nitrogens is 1. The Balaban J connectivity index is 1.82. The molecule has 6 heteroatoms. The van der Waals surface area contributed by atoms with Gasteiger partial charge in [0, 0.05) is 11.0 Å². The van der Waals surface area contributed by atoms with Gasteiger partial charge in [0.25, 0.3) is 0 Å². The molecule has 0 aliphatic carbocycles. The molecule has 0 radical (unpaired) electrons. The van der Waals surface area contributed by atoms with Crippen molar-refractivity contribution >= 4 is 33.3 Å². The molecule has 0 saturated heterocycles. The van der Waals surface area contributed by atoms with Gasteiger partial charge in [0.05, 0.1) is 21.2 Å². The van der Waals surface area contributed by atoms with Crippen LogP contribution in [-0.2, 0) is 9.53 Å². The molecule has 3 aromatic rings. The van der Waals surface area contributed by atoms with E-state index >= 15 is 0 Å². The van der Waals surface area contributed by atoms with Crippen LogP contribution in [0.3, 0.4) is 0 Å². The molecule has 0 fully saturated rings. The predicted octanol–water partition coefficient (Wildman–Crippen LogP) is 4.84. The maximum atomic E-state index is 12.6. The standard InChI is InChI=1S/C23H25NO4S/c1-22(2,3)21(27)23(4,5)13-28-20(26)15-10-14(11-16(25)12-15)19-24-17-8-6-7-9-18(17)29-19/h6-12,25H,13H2,1-5H3/p-1. The van der Waals surface area contributed by atoms with Gasteiger partial charge in [-0.25, -0.2) is 9.78 Å². The third-order valence-corrected chi connectivity index (χ3v) is 5.63. The van der Waals surface area contributed by atoms with Gasteiger partial charge in [-0.1, -0.05) is 45.0 Å². The maximum absolute atomic E-state index is 12.6. The summed E-state index contributed by atoms with van der Waals surface area (Å²) in [4.78, 5) is 29.7. The van der Waals surface area contributed by atoms with Crippen molar-refractivity contribution in [3.63, 3.8) is 0 Å². The van der Waals surface area contributed by atoms with Crippen LogP contribution in [0.4, 0.5) is 0 Å². The number of benzene rings is 2. The summed E-state index contributed by atoms with van der Waals surface area (Å²) in [5.74, 6) is -0.913. The van der Waals surface area contributed by atoms with E-state index < -0.39 is 16.8 Å². The summed E-state index contributed by atoms with van der Waals surface area (Å²) in [6.45, 7) is 8.97. The van der Waals surface area contributed by atoms with Crippen LogP contribution < -0.4 is 5.11 Å². The normalized spacial score (nSPS) is 12.2. The third kappa shape index (κ3) is 4.65. The van der Waals surface area contributed by atoms with E-state index in [-0.39, 0.29) is 23.7 Å². The molecule has 0 N–H and O–H groups in total. The van der Waals surface area contributed by atoms with Gasteiger partial charge in [-0.15, -0.1) is 17.1 Å². The molecular formula is C23H24NO4S-. The molecule has 1 aromatic heterocycles. The van der Waals surface area contributed by atoms with Crippen LogP contribution in [-0.4, -0.2) is 23.3 Å². The number of hydrogen-bond acceptors (Lipinski definition) is 6. The first-order valence-corrected chi connectivity index (χ1v) is 10.2. The van der Waals surface area contributed by atoms with E-state index in [1.807, 2.05) is 45.0 Å². The second-order valence-corrected chi connectivity index (χ2v) is 9.80. The first-order chi connectivity index (χ1) is 13.5. The number of ketones is 1. The summed E-state index contributed by atoms with van der Waals surface area (Å²) >= 11 is 1.46. The SMILES string of the molecule is CC(C)(C)C(=O)C(C)(C)COC(=O)c1cc([O-])cc(-c2nc3ccccc3s2)c1. The molecule has 3 rings (SSSR count). The molecule has 0 saturated carbocycles. The smallest absolute Gasteiger partial charge is 0.338 e. The van der Waals surface area contributed by atoms with Gasteiger partial charge in [-0.2, -0.15) is 0 Å². The average Bonchev–Trinajstić information content (AvgIpc) is 3.08. The van der Waals surface area contributed by atoms with Gasteiger partial charge >= 0.3 is 5.97 Å². The lowest BCUT2D eigenvalue weighted by molar-refractivity contribution is -0.268. The molecule has 29 heavy (non-hydrogen) atoms. The van der Waals surface area contributed by atoms with Gasteiger partial charge < -0.3 is 9.84 Å². The number of carbonyl (C=O) groups is 2. The summed E-state index contributed by atoms with van der Waals surface area (Å²) in [6, 6.07) is 12.0. The van der Waals surface area contributed by atoms with Crippen molar-refractivity contribution in [3.05, 3.63) is 48.0 Å². The Morgan fingerprint density at radius 2 is 1.76 bits per heavy atom. The Hall–Kier alpha value is -2.73. The molecule has 5 nitrogen and oxygen atoms in total. The van der Waals surface area contributed by atoms with Crippen LogP contribution in [0, 0.1) is 10.8 Å². The quantitative estimate of drug-likeness (QED) is 0.563. The highest BCUT2D eigenvalue weighted by molar-refractivity contribution is 7.21. The molecule has 1 heterocycles. The number of nitrogens with zero attached hydrogens (tertiary/aromatic N) is 1. The molecule has 0 aliphatic heterocycles. The van der Waals surface area contributed by atoms with Crippen LogP contribution in [0.2, 0.25) is 0 Å². The average molecular weight is 411 g/mol. The number of ether oxygens (including phenoxy) is 1. The van der Waals surface area contributed by atoms with Gasteiger partial charge in [-0.3, -0.25) is 4.79 Å². The largest absolute Gasteiger partial charge is 0.872 e. The summed E-state index contributed by atoms with van der Waals surface area (Å²) in [5.41, 5.74) is 0.223. The van der Waals surface area contributed by atoms with E-state index in [1.165, 1.54) is 23.5 Å². The van der Waals surface area contributed by atoms with Gasteiger partial charge in [-0.05, 0) is 32.0 Å². The monoisotopic (exact) mass is 410 g/mol. The Kier molecular flexibility index (Phi) is 5.50. The van der Waals surface area contributed by atoms with E-state index in [9.17, 15) is 14.7 Å². The van der Waals surface area contributed by atoms with Crippen molar-refractivity contribution in [1.82, 2.24) is 4.98 Å². The van der Waals surface area contributed by atoms with Crippen molar-refractivity contribution in [2.24, 2.45) is 10.8 Å². The van der Waals surface area contributed by atoms with Gasteiger partial charge in [0.1, 0.15) is 17.4 Å². The fraction of sp³-hybridized carbons (Fsp3) is 0.348. The minimum atomic E-state index is -0.821. The highest BCUT2D eigenvalue weighted by Gasteiger charge is 2.37. The van der Waals surface area contributed by atoms with Crippen molar-refractivity contribution in [2.75, 3.05) is 6.61 Å². The number of para-hydroxylation sites is 1. The number of carbonyl (C=O) groups excluding carboxylic acids is 2. The van der Waals surface area contributed by atoms with E-state index in [1.54, 1.807) is 19.9 Å². The lowest BCUT2D eigenvalue weighted by Gasteiger charge is -2.30. The summed E-state index contributed by atoms with van der Waals surface area (Å²) in [7, 11) is 0. The van der Waals surface area contributed by atoms with E-state index in [0.29, 0.717) is 10.6 Å². The molecule has 0 amide bonds. The predicted molar refractivity (Wildman–Crippen MR) is 113 cm³/mol. The highest BCUT2D eigenvalue weighted by Crippen LogP contribution is 2.33. The summed E-state index contributed by atoms with van der Waals surface area (Å²) in [6.07, 6.45) is 0. The topological polar surface area (TPSA) is 79.3 Å². The number of Topliss-reactive ketones (excluding diaryl/α,β-unsaturated/α-hetero) is 1. The van der Waals surface area contributed by atoms with E-state index in [2.05, 4.69) is 4.98 Å². The number of fused-ring (bicyclic) bond motifs is 1. The van der Waals surface area contributed by atoms with Crippen molar-refractivity contribution in [2.45, 2.75) is 34.6 Å². The molecule has 0 spiro atoms. The zero-order valence-corrected chi connectivity index (χ0v) is 18.1. The molecule has 152 valence electrons. The number of hydrogen-bond donors (Lipinski definition) is 0. The van der Waals surface area contributed by atoms with E-state index in [0.717, 1.165) is 10.2 Å². The second kappa shape index (κ2) is 7.59. The molecule has 0 atom stereocenters. The Morgan fingerprint density at radius 1 is 1.07 bits per heavy atom. The second-order valence-electron chi connectivity index (χ2n) is 8.77. The molecule has 2 aromatic carbocycles. The molecule has 0 aliphatic rings. The maximum Gasteiger partial charge on any atom is 0.338 e. The van der Waals surface area contributed by atoms with Crippen LogP contribution in [0.15, 0.2) is 42.5 Å². The zero-order chi connectivity index (χ0) is 21.4. The van der Waals surface area contributed by atoms with Crippen LogP contribution in [0.25, 0.3) is 20.8 Å². The Morgan fingerprint density at radius 3 is 2.41 bits per heavy atom. The van der Waals surface area contributed by atoms with Crippen LogP contribution in [0.5, 0.6) is 5.75 Å². The van der Waals surface area contributed by atoms with Crippen LogP contribution in [0.1, 0.15) is 45.0 Å². The molecular weight excluding hydrogens is 386 g/mol. The lowest BCUT2D eigenvalue weighted by Crippen LogP contribution is -2.38. The fourth-order valence-corrected chi connectivity index (χ4v) is 4.20. The van der Waals surface area contributed by atoms with Crippen molar-refractivity contribution < 1.29 is 19.4 Å². The summed E-state index contributed by atoms with van der Waals surface area (Å²) in [5, 5.41) is 12.8.